The van der Waals surface area contributed by atoms with E-state index < -0.39 is 17.3 Å². The van der Waals surface area contributed by atoms with E-state index in [1.165, 1.54) is 35.2 Å². The van der Waals surface area contributed by atoms with E-state index in [-0.39, 0.29) is 28.8 Å². The van der Waals surface area contributed by atoms with Crippen LogP contribution in [0.15, 0.2) is 35.4 Å². The highest BCUT2D eigenvalue weighted by atomic mass is 35.5. The Kier molecular flexibility index (Phi) is 5.65. The highest BCUT2D eigenvalue weighted by Gasteiger charge is 2.18. The first-order valence-electron chi connectivity index (χ1n) is 8.55. The predicted octanol–water partition coefficient (Wildman–Crippen LogP) is 3.62. The fourth-order valence-corrected chi connectivity index (χ4v) is 2.96. The monoisotopic (exact) mass is 417 g/mol. The first kappa shape index (κ1) is 20.5. The average Bonchev–Trinajstić information content (AvgIpc) is 2.66. The summed E-state index contributed by atoms with van der Waals surface area (Å²) in [6.45, 7) is 4.86. The summed E-state index contributed by atoms with van der Waals surface area (Å²) < 4.78 is 20.8. The van der Waals surface area contributed by atoms with Crippen LogP contribution in [0.2, 0.25) is 5.02 Å². The minimum atomic E-state index is -1.21. The molecule has 0 aliphatic carbocycles. The predicted molar refractivity (Wildman–Crippen MR) is 105 cm³/mol. The van der Waals surface area contributed by atoms with E-state index in [4.69, 9.17) is 21.4 Å². The van der Waals surface area contributed by atoms with Gasteiger partial charge in [0.05, 0.1) is 5.69 Å². The van der Waals surface area contributed by atoms with Gasteiger partial charge in [-0.05, 0) is 44.0 Å². The molecule has 0 aliphatic rings. The smallest absolute Gasteiger partial charge is 0.354 e. The Morgan fingerprint density at radius 3 is 2.59 bits per heavy atom. The Morgan fingerprint density at radius 2 is 1.93 bits per heavy atom. The topological polar surface area (TPSA) is 94.3 Å². The number of halogens is 2. The number of carboxylic acid groups (broad SMARTS) is 1. The number of aromatic nitrogens is 3. The zero-order valence-corrected chi connectivity index (χ0v) is 16.6. The second kappa shape index (κ2) is 8.00. The maximum Gasteiger partial charge on any atom is 0.354 e. The quantitative estimate of drug-likeness (QED) is 0.681. The molecule has 9 heteroatoms. The summed E-state index contributed by atoms with van der Waals surface area (Å²) in [4.78, 5) is 31.9. The first-order valence-corrected chi connectivity index (χ1v) is 8.93. The average molecular weight is 418 g/mol. The van der Waals surface area contributed by atoms with Gasteiger partial charge in [-0.25, -0.2) is 14.2 Å². The van der Waals surface area contributed by atoms with E-state index in [1.54, 1.807) is 20.8 Å². The molecule has 3 aromatic rings. The van der Waals surface area contributed by atoms with Gasteiger partial charge < -0.3 is 9.84 Å². The van der Waals surface area contributed by atoms with Gasteiger partial charge in [-0.15, -0.1) is 0 Å². The lowest BCUT2D eigenvalue weighted by Gasteiger charge is -2.16. The maximum absolute atomic E-state index is 14.0. The van der Waals surface area contributed by atoms with Crippen LogP contribution in [0.25, 0.3) is 5.69 Å². The third-order valence-electron chi connectivity index (χ3n) is 4.25. The van der Waals surface area contributed by atoms with Gasteiger partial charge in [-0.2, -0.15) is 0 Å². The molecule has 0 saturated carbocycles. The minimum absolute atomic E-state index is 0.0809. The Hall–Kier alpha value is -3.26. The summed E-state index contributed by atoms with van der Waals surface area (Å²) in [6.07, 6.45) is 2.88. The fourth-order valence-electron chi connectivity index (χ4n) is 2.77. The largest absolute Gasteiger partial charge is 0.485 e. The number of aryl methyl sites for hydroxylation is 3. The molecular weight excluding hydrogens is 401 g/mol. The number of aromatic carboxylic acids is 1. The molecule has 3 rings (SSSR count). The normalized spacial score (nSPS) is 10.8. The Balaban J connectivity index is 2.00. The van der Waals surface area contributed by atoms with Gasteiger partial charge in [0, 0.05) is 24.2 Å². The van der Waals surface area contributed by atoms with Crippen molar-refractivity contribution in [2.45, 2.75) is 27.4 Å². The van der Waals surface area contributed by atoms with Gasteiger partial charge in [-0.1, -0.05) is 11.6 Å². The lowest BCUT2D eigenvalue weighted by molar-refractivity contribution is 0.0690. The van der Waals surface area contributed by atoms with E-state index in [9.17, 15) is 14.0 Å². The first-order chi connectivity index (χ1) is 13.7. The van der Waals surface area contributed by atoms with E-state index >= 15 is 0 Å². The molecule has 0 aromatic carbocycles. The van der Waals surface area contributed by atoms with Gasteiger partial charge in [-0.3, -0.25) is 14.3 Å². The van der Waals surface area contributed by atoms with Gasteiger partial charge in [0.2, 0.25) is 0 Å². The second-order valence-corrected chi connectivity index (χ2v) is 6.87. The zero-order chi connectivity index (χ0) is 21.3. The van der Waals surface area contributed by atoms with Gasteiger partial charge >= 0.3 is 5.97 Å². The number of carbonyl (C=O) groups is 1. The highest BCUT2D eigenvalue weighted by molar-refractivity contribution is 6.31. The minimum Gasteiger partial charge on any atom is -0.485 e. The van der Waals surface area contributed by atoms with Crippen LogP contribution in [0.3, 0.4) is 0 Å². The van der Waals surface area contributed by atoms with E-state index in [0.29, 0.717) is 22.5 Å². The summed E-state index contributed by atoms with van der Waals surface area (Å²) >= 11 is 6.20. The van der Waals surface area contributed by atoms with Gasteiger partial charge in [0.15, 0.2) is 0 Å². The molecule has 3 aromatic heterocycles. The van der Waals surface area contributed by atoms with Crippen LogP contribution in [0.4, 0.5) is 4.39 Å². The van der Waals surface area contributed by atoms with Crippen LogP contribution < -0.4 is 10.3 Å². The van der Waals surface area contributed by atoms with E-state index in [2.05, 4.69) is 9.97 Å². The van der Waals surface area contributed by atoms with Crippen molar-refractivity contribution in [2.75, 3.05) is 0 Å². The second-order valence-electron chi connectivity index (χ2n) is 6.50. The van der Waals surface area contributed by atoms with Crippen molar-refractivity contribution in [3.05, 3.63) is 80.0 Å². The van der Waals surface area contributed by atoms with Crippen molar-refractivity contribution >= 4 is 17.6 Å². The van der Waals surface area contributed by atoms with Crippen molar-refractivity contribution in [3.8, 4) is 11.4 Å². The van der Waals surface area contributed by atoms with Crippen LogP contribution >= 0.6 is 11.6 Å². The Morgan fingerprint density at radius 1 is 1.21 bits per heavy atom. The van der Waals surface area contributed by atoms with Crippen LogP contribution in [-0.2, 0) is 6.61 Å². The van der Waals surface area contributed by atoms with Crippen LogP contribution in [0.5, 0.6) is 5.75 Å². The molecule has 0 fully saturated rings. The summed E-state index contributed by atoms with van der Waals surface area (Å²) in [7, 11) is 0. The molecule has 0 saturated heterocycles. The lowest BCUT2D eigenvalue weighted by atomic mass is 10.2. The maximum atomic E-state index is 14.0. The number of hydrogen-bond donors (Lipinski definition) is 1. The molecule has 0 bridgehead atoms. The molecule has 7 nitrogen and oxygen atoms in total. The lowest BCUT2D eigenvalue weighted by Crippen LogP contribution is -2.23. The highest BCUT2D eigenvalue weighted by Crippen LogP contribution is 2.25. The number of rotatable bonds is 5. The van der Waals surface area contributed by atoms with Crippen molar-refractivity contribution in [1.82, 2.24) is 14.5 Å². The van der Waals surface area contributed by atoms with Gasteiger partial charge in [0.25, 0.3) is 5.56 Å². The van der Waals surface area contributed by atoms with Crippen LogP contribution in [-0.4, -0.2) is 25.6 Å². The molecular formula is C20H17ClFN3O4. The van der Waals surface area contributed by atoms with Crippen molar-refractivity contribution < 1.29 is 19.0 Å². The van der Waals surface area contributed by atoms with Crippen molar-refractivity contribution in [2.24, 2.45) is 0 Å². The molecule has 29 heavy (non-hydrogen) atoms. The Labute approximate surface area is 170 Å². The van der Waals surface area contributed by atoms with Crippen LogP contribution in [0.1, 0.15) is 33.0 Å². The molecule has 150 valence electrons. The number of hydrogen-bond acceptors (Lipinski definition) is 5. The summed E-state index contributed by atoms with van der Waals surface area (Å²) in [5, 5.41) is 8.96. The molecule has 0 unspecified atom stereocenters. The molecule has 3 heterocycles. The Bertz CT molecular complexity index is 1180. The summed E-state index contributed by atoms with van der Waals surface area (Å²) in [5.74, 6) is -1.65. The summed E-state index contributed by atoms with van der Waals surface area (Å²) in [5.41, 5.74) is 1.37. The molecule has 0 spiro atoms. The van der Waals surface area contributed by atoms with Crippen molar-refractivity contribution in [1.29, 1.82) is 0 Å². The molecule has 0 aliphatic heterocycles. The standard InChI is InChI=1S/C20H17ClFN3O4/c1-10-4-13(22)15(23-7-10)9-29-17-5-12(3)25(19(26)18(17)21)16-6-14(20(27)28)24-8-11(16)2/h4-8H,9H2,1-3H3,(H,27,28). The third kappa shape index (κ3) is 4.12. The van der Waals surface area contributed by atoms with E-state index in [0.717, 1.165) is 0 Å². The third-order valence-corrected chi connectivity index (χ3v) is 4.60. The zero-order valence-electron chi connectivity index (χ0n) is 15.9. The fraction of sp³-hybridized carbons (Fsp3) is 0.200. The SMILES string of the molecule is Cc1cnc(COc2cc(C)n(-c3cc(C(=O)O)ncc3C)c(=O)c2Cl)c(F)c1. The van der Waals surface area contributed by atoms with Crippen molar-refractivity contribution in [3.63, 3.8) is 0 Å². The number of ether oxygens (including phenoxy) is 1. The summed E-state index contributed by atoms with van der Waals surface area (Å²) in [6, 6.07) is 4.16. The molecule has 0 atom stereocenters. The van der Waals surface area contributed by atoms with Gasteiger partial charge in [0.1, 0.15) is 34.6 Å². The van der Waals surface area contributed by atoms with E-state index in [1.807, 2.05) is 0 Å². The number of carboxylic acids is 1. The number of pyridine rings is 3. The molecule has 1 N–H and O–H groups in total. The van der Waals surface area contributed by atoms with Crippen LogP contribution in [0, 0.1) is 26.6 Å². The molecule has 0 radical (unpaired) electrons. The molecule has 0 amide bonds. The number of nitrogens with zero attached hydrogens (tertiary/aromatic N) is 3.